The number of allylic oxidation sites excluding steroid dienone is 1. The number of nitrogens with one attached hydrogen (secondary N) is 1. The lowest BCUT2D eigenvalue weighted by Gasteiger charge is -2.35. The predicted octanol–water partition coefficient (Wildman–Crippen LogP) is 5.34. The molecule has 0 spiro atoms. The first-order valence-electron chi connectivity index (χ1n) is 11.7. The van der Waals surface area contributed by atoms with Crippen molar-refractivity contribution in [3.63, 3.8) is 0 Å². The Labute approximate surface area is 212 Å². The molecule has 7 nitrogen and oxygen atoms in total. The molecule has 3 aliphatic rings. The van der Waals surface area contributed by atoms with Crippen molar-refractivity contribution in [3.8, 4) is 11.8 Å². The SMILES string of the molecule is CC1=CC(Nc2cc(N3CCN(CC(F)(F)F)CC3)nc(Oc3ccc4c(c3Cl)C=C(C)C4)n2)=NC1. The summed E-state index contributed by atoms with van der Waals surface area (Å²) >= 11 is 6.64. The van der Waals surface area contributed by atoms with Crippen molar-refractivity contribution in [3.05, 3.63) is 51.6 Å². The zero-order chi connectivity index (χ0) is 25.4. The van der Waals surface area contributed by atoms with Gasteiger partial charge in [-0.25, -0.2) is 0 Å². The van der Waals surface area contributed by atoms with Gasteiger partial charge in [0, 0.05) is 37.8 Å². The number of rotatable bonds is 5. The van der Waals surface area contributed by atoms with Crippen molar-refractivity contribution in [2.24, 2.45) is 4.99 Å². The molecule has 0 atom stereocenters. The van der Waals surface area contributed by atoms with Gasteiger partial charge in [-0.2, -0.15) is 23.1 Å². The molecule has 1 fully saturated rings. The highest BCUT2D eigenvalue weighted by Gasteiger charge is 2.32. The molecule has 0 bridgehead atoms. The summed E-state index contributed by atoms with van der Waals surface area (Å²) in [5, 5.41) is 3.69. The molecule has 0 amide bonds. The minimum Gasteiger partial charge on any atom is -0.423 e. The van der Waals surface area contributed by atoms with Gasteiger partial charge in [-0.3, -0.25) is 9.89 Å². The molecular weight excluding hydrogens is 493 g/mol. The van der Waals surface area contributed by atoms with Crippen LogP contribution in [0.2, 0.25) is 5.02 Å². The van der Waals surface area contributed by atoms with Crippen LogP contribution < -0.4 is 15.0 Å². The smallest absolute Gasteiger partial charge is 0.401 e. The monoisotopic (exact) mass is 518 g/mol. The van der Waals surface area contributed by atoms with Crippen LogP contribution in [0, 0.1) is 0 Å². The first-order valence-corrected chi connectivity index (χ1v) is 12.1. The minimum absolute atomic E-state index is 0.0903. The number of aliphatic imine (C=N–C) groups is 1. The molecule has 11 heteroatoms. The lowest BCUT2D eigenvalue weighted by molar-refractivity contribution is -0.146. The van der Waals surface area contributed by atoms with Crippen LogP contribution in [0.15, 0.2) is 40.4 Å². The molecule has 2 aromatic rings. The number of hydrogen-bond donors (Lipinski definition) is 1. The highest BCUT2D eigenvalue weighted by atomic mass is 35.5. The van der Waals surface area contributed by atoms with Gasteiger partial charge in [-0.05, 0) is 43.5 Å². The van der Waals surface area contributed by atoms with Crippen LogP contribution in [0.4, 0.5) is 24.8 Å². The van der Waals surface area contributed by atoms with E-state index in [1.165, 1.54) is 10.5 Å². The van der Waals surface area contributed by atoms with E-state index in [0.717, 1.165) is 23.1 Å². The van der Waals surface area contributed by atoms with Crippen LogP contribution in [-0.2, 0) is 6.42 Å². The average molecular weight is 519 g/mol. The van der Waals surface area contributed by atoms with Crippen molar-refractivity contribution >= 4 is 35.1 Å². The lowest BCUT2D eigenvalue weighted by atomic mass is 10.1. The van der Waals surface area contributed by atoms with Gasteiger partial charge in [0.05, 0.1) is 18.1 Å². The van der Waals surface area contributed by atoms with Gasteiger partial charge in [-0.1, -0.05) is 29.3 Å². The first-order chi connectivity index (χ1) is 17.1. The third-order valence-electron chi connectivity index (χ3n) is 6.23. The van der Waals surface area contributed by atoms with Crippen molar-refractivity contribution in [2.75, 3.05) is 49.5 Å². The Morgan fingerprint density at radius 1 is 1.06 bits per heavy atom. The van der Waals surface area contributed by atoms with Crippen LogP contribution in [0.5, 0.6) is 11.8 Å². The lowest BCUT2D eigenvalue weighted by Crippen LogP contribution is -2.49. The van der Waals surface area contributed by atoms with E-state index >= 15 is 0 Å². The topological polar surface area (TPSA) is 65.9 Å². The maximum absolute atomic E-state index is 12.8. The summed E-state index contributed by atoms with van der Waals surface area (Å²) in [6.45, 7) is 5.09. The zero-order valence-electron chi connectivity index (χ0n) is 20.0. The van der Waals surface area contributed by atoms with Gasteiger partial charge < -0.3 is 15.0 Å². The summed E-state index contributed by atoms with van der Waals surface area (Å²) < 4.78 is 44.5. The highest BCUT2D eigenvalue weighted by Crippen LogP contribution is 2.38. The molecule has 36 heavy (non-hydrogen) atoms. The normalized spacial score (nSPS) is 18.1. The molecule has 0 unspecified atom stereocenters. The second-order valence-electron chi connectivity index (χ2n) is 9.31. The second kappa shape index (κ2) is 9.74. The van der Waals surface area contributed by atoms with Crippen LogP contribution in [0.3, 0.4) is 0 Å². The van der Waals surface area contributed by atoms with E-state index in [4.69, 9.17) is 16.3 Å². The van der Waals surface area contributed by atoms with E-state index in [1.54, 1.807) is 12.1 Å². The van der Waals surface area contributed by atoms with Crippen molar-refractivity contribution in [1.29, 1.82) is 0 Å². The molecule has 1 N–H and O–H groups in total. The fraction of sp³-hybridized carbons (Fsp3) is 0.400. The molecule has 1 aromatic carbocycles. The van der Waals surface area contributed by atoms with E-state index in [2.05, 4.69) is 27.2 Å². The van der Waals surface area contributed by atoms with Gasteiger partial charge in [0.25, 0.3) is 0 Å². The summed E-state index contributed by atoms with van der Waals surface area (Å²) in [4.78, 5) is 16.8. The number of halogens is 4. The Morgan fingerprint density at radius 2 is 1.83 bits per heavy atom. The first kappa shape index (κ1) is 24.6. The third kappa shape index (κ3) is 5.65. The van der Waals surface area contributed by atoms with Gasteiger partial charge >= 0.3 is 12.2 Å². The van der Waals surface area contributed by atoms with E-state index in [9.17, 15) is 13.2 Å². The summed E-state index contributed by atoms with van der Waals surface area (Å²) in [5.41, 5.74) is 4.42. The number of nitrogens with zero attached hydrogens (tertiary/aromatic N) is 5. The van der Waals surface area contributed by atoms with E-state index in [-0.39, 0.29) is 19.1 Å². The molecule has 0 saturated carbocycles. The fourth-order valence-electron chi connectivity index (χ4n) is 4.51. The number of fused-ring (bicyclic) bond motifs is 1. The predicted molar refractivity (Wildman–Crippen MR) is 135 cm³/mol. The highest BCUT2D eigenvalue weighted by molar-refractivity contribution is 6.33. The third-order valence-corrected chi connectivity index (χ3v) is 6.62. The molecular formula is C25H26ClF3N6O. The Kier molecular flexibility index (Phi) is 6.65. The standard InChI is InChI=1S/C25H26ClF3N6O/c1-15-9-17-3-4-19(23(26)18(17)10-15)36-24-32-21(31-20-11-16(2)13-30-20)12-22(33-24)35-7-5-34(6-8-35)14-25(27,28)29/h3-4,10-12H,5-9,13-14H2,1-2H3,(H,30,31,32,33). The largest absolute Gasteiger partial charge is 0.423 e. The quantitative estimate of drug-likeness (QED) is 0.576. The van der Waals surface area contributed by atoms with Crippen molar-refractivity contribution in [2.45, 2.75) is 26.4 Å². The van der Waals surface area contributed by atoms with Crippen LogP contribution >= 0.6 is 11.6 Å². The van der Waals surface area contributed by atoms with E-state index in [0.29, 0.717) is 47.9 Å². The Hall–Kier alpha value is -3.11. The number of ether oxygens (including phenoxy) is 1. The number of aromatic nitrogens is 2. The number of alkyl halides is 3. The second-order valence-corrected chi connectivity index (χ2v) is 9.69. The molecule has 5 rings (SSSR count). The van der Waals surface area contributed by atoms with Crippen LogP contribution in [-0.4, -0.2) is 66.1 Å². The van der Waals surface area contributed by atoms with Gasteiger partial charge in [0.1, 0.15) is 23.2 Å². The Balaban J connectivity index is 1.40. The molecule has 0 radical (unpaired) electrons. The summed E-state index contributed by atoms with van der Waals surface area (Å²) in [7, 11) is 0. The van der Waals surface area contributed by atoms with Crippen molar-refractivity contribution in [1.82, 2.24) is 14.9 Å². The molecule has 3 heterocycles. The Bertz CT molecular complexity index is 1270. The average Bonchev–Trinajstić information content (AvgIpc) is 3.40. The Morgan fingerprint density at radius 3 is 2.53 bits per heavy atom. The zero-order valence-corrected chi connectivity index (χ0v) is 20.7. The fourth-order valence-corrected chi connectivity index (χ4v) is 4.79. The van der Waals surface area contributed by atoms with Gasteiger partial charge in [-0.15, -0.1) is 0 Å². The maximum Gasteiger partial charge on any atom is 0.401 e. The number of piperazine rings is 1. The molecule has 1 aromatic heterocycles. The molecule has 1 aliphatic carbocycles. The van der Waals surface area contributed by atoms with Crippen LogP contribution in [0.25, 0.3) is 6.08 Å². The van der Waals surface area contributed by atoms with Gasteiger partial charge in [0.2, 0.25) is 0 Å². The molecule has 1 saturated heterocycles. The number of benzene rings is 1. The van der Waals surface area contributed by atoms with Crippen molar-refractivity contribution < 1.29 is 17.9 Å². The number of anilines is 2. The van der Waals surface area contributed by atoms with Gasteiger partial charge in [0.15, 0.2) is 0 Å². The number of amidine groups is 1. The van der Waals surface area contributed by atoms with E-state index < -0.39 is 12.7 Å². The molecule has 2 aliphatic heterocycles. The van der Waals surface area contributed by atoms with E-state index in [1.807, 2.05) is 30.0 Å². The van der Waals surface area contributed by atoms with Crippen LogP contribution in [0.1, 0.15) is 25.0 Å². The maximum atomic E-state index is 12.8. The summed E-state index contributed by atoms with van der Waals surface area (Å²) in [6.07, 6.45) is 0.614. The summed E-state index contributed by atoms with van der Waals surface area (Å²) in [5.74, 6) is 2.15. The minimum atomic E-state index is -4.22. The summed E-state index contributed by atoms with van der Waals surface area (Å²) in [6, 6.07) is 5.63. The number of hydrogen-bond acceptors (Lipinski definition) is 7. The molecule has 190 valence electrons.